The molecule has 1 aliphatic carbocycles. The van der Waals surface area contributed by atoms with E-state index >= 15 is 0 Å². The van der Waals surface area contributed by atoms with Crippen molar-refractivity contribution >= 4 is 11.6 Å². The summed E-state index contributed by atoms with van der Waals surface area (Å²) in [6.07, 6.45) is -1.07. The highest BCUT2D eigenvalue weighted by Gasteiger charge is 2.50. The summed E-state index contributed by atoms with van der Waals surface area (Å²) in [5.41, 5.74) is 1.20. The van der Waals surface area contributed by atoms with Crippen LogP contribution in [0.15, 0.2) is 29.1 Å². The van der Waals surface area contributed by atoms with Crippen molar-refractivity contribution in [1.82, 2.24) is 19.7 Å². The predicted molar refractivity (Wildman–Crippen MR) is 90.2 cm³/mol. The van der Waals surface area contributed by atoms with Crippen molar-refractivity contribution < 1.29 is 22.4 Å². The Morgan fingerprint density at radius 2 is 2.18 bits per heavy atom. The van der Waals surface area contributed by atoms with Crippen LogP contribution < -0.4 is 5.32 Å². The van der Waals surface area contributed by atoms with Crippen LogP contribution in [0.4, 0.5) is 13.2 Å². The monoisotopic (exact) mass is 389 g/mol. The molecule has 144 valence electrons. The van der Waals surface area contributed by atoms with E-state index in [4.69, 9.17) is 9.68 Å². The second-order valence-electron chi connectivity index (χ2n) is 6.71. The summed E-state index contributed by atoms with van der Waals surface area (Å²) >= 11 is 0. The minimum atomic E-state index is -4.53. The highest BCUT2D eigenvalue weighted by Crippen LogP contribution is 2.40. The number of halogens is 3. The van der Waals surface area contributed by atoms with Gasteiger partial charge in [-0.2, -0.15) is 18.4 Å². The van der Waals surface area contributed by atoms with Gasteiger partial charge >= 0.3 is 6.18 Å². The number of carbonyl (C=O) groups is 1. The summed E-state index contributed by atoms with van der Waals surface area (Å²) in [5, 5.41) is 11.0. The van der Waals surface area contributed by atoms with Crippen molar-refractivity contribution in [2.75, 3.05) is 0 Å². The lowest BCUT2D eigenvalue weighted by molar-refractivity contribution is -0.158. The zero-order valence-electron chi connectivity index (χ0n) is 14.6. The number of nitrogens with one attached hydrogen (secondary N) is 1. The van der Waals surface area contributed by atoms with Crippen LogP contribution in [-0.4, -0.2) is 32.5 Å². The third-order valence-corrected chi connectivity index (χ3v) is 4.62. The quantitative estimate of drug-likeness (QED) is 0.739. The Bertz CT molecular complexity index is 1100. The molecule has 0 bridgehead atoms. The van der Waals surface area contributed by atoms with Crippen LogP contribution in [0.5, 0.6) is 0 Å². The van der Waals surface area contributed by atoms with E-state index in [2.05, 4.69) is 15.3 Å². The van der Waals surface area contributed by atoms with Crippen LogP contribution in [0, 0.1) is 24.2 Å². The number of amides is 1. The number of hydrogen-bond acceptors (Lipinski definition) is 5. The SMILES string of the molecule is Cc1cc(-c2cc(C#N)co2)nc2c(C(=O)NC(C3CC3)C(F)(F)F)ncn12. The number of carbonyl (C=O) groups excluding carboxylic acids is 1. The van der Waals surface area contributed by atoms with Gasteiger partial charge in [0.25, 0.3) is 5.91 Å². The number of aromatic nitrogens is 3. The first kappa shape index (κ1) is 18.0. The Morgan fingerprint density at radius 3 is 2.79 bits per heavy atom. The first-order valence-corrected chi connectivity index (χ1v) is 8.49. The van der Waals surface area contributed by atoms with E-state index in [0.29, 0.717) is 35.6 Å². The van der Waals surface area contributed by atoms with E-state index in [-0.39, 0.29) is 11.3 Å². The molecule has 1 amide bonds. The summed E-state index contributed by atoms with van der Waals surface area (Å²) in [4.78, 5) is 20.8. The number of nitriles is 1. The largest absolute Gasteiger partial charge is 0.461 e. The van der Waals surface area contributed by atoms with E-state index in [1.165, 1.54) is 23.1 Å². The molecular weight excluding hydrogens is 375 g/mol. The maximum absolute atomic E-state index is 13.2. The molecule has 0 aliphatic heterocycles. The molecular formula is C18H14F3N5O2. The van der Waals surface area contributed by atoms with Crippen molar-refractivity contribution in [1.29, 1.82) is 5.26 Å². The van der Waals surface area contributed by atoms with Gasteiger partial charge in [0.2, 0.25) is 0 Å². The Balaban J connectivity index is 1.71. The summed E-state index contributed by atoms with van der Waals surface area (Å²) in [5.74, 6) is -1.23. The smallest absolute Gasteiger partial charge is 0.408 e. The molecule has 28 heavy (non-hydrogen) atoms. The first-order chi connectivity index (χ1) is 13.3. The van der Waals surface area contributed by atoms with Crippen molar-refractivity contribution in [2.45, 2.75) is 32.0 Å². The molecule has 0 saturated heterocycles. The van der Waals surface area contributed by atoms with E-state index in [1.54, 1.807) is 13.0 Å². The van der Waals surface area contributed by atoms with Gasteiger partial charge in [0, 0.05) is 11.8 Å². The number of fused-ring (bicyclic) bond motifs is 1. The lowest BCUT2D eigenvalue weighted by Crippen LogP contribution is -2.47. The molecule has 1 saturated carbocycles. The van der Waals surface area contributed by atoms with Gasteiger partial charge in [-0.3, -0.25) is 9.20 Å². The molecule has 1 atom stereocenters. The van der Waals surface area contributed by atoms with Gasteiger partial charge in [0.1, 0.15) is 30.4 Å². The summed E-state index contributed by atoms with van der Waals surface area (Å²) in [6.45, 7) is 1.73. The Labute approximate surface area is 156 Å². The third-order valence-electron chi connectivity index (χ3n) is 4.62. The zero-order valence-corrected chi connectivity index (χ0v) is 14.6. The number of hydrogen-bond donors (Lipinski definition) is 1. The average Bonchev–Trinajstić information content (AvgIpc) is 3.18. The predicted octanol–water partition coefficient (Wildman–Crippen LogP) is 3.24. The average molecular weight is 389 g/mol. The fraction of sp³-hybridized carbons (Fsp3) is 0.333. The van der Waals surface area contributed by atoms with Crippen molar-refractivity contribution in [3.05, 3.63) is 41.7 Å². The van der Waals surface area contributed by atoms with Gasteiger partial charge in [-0.15, -0.1) is 0 Å². The van der Waals surface area contributed by atoms with Gasteiger partial charge in [-0.25, -0.2) is 9.97 Å². The van der Waals surface area contributed by atoms with Crippen LogP contribution in [-0.2, 0) is 0 Å². The van der Waals surface area contributed by atoms with E-state index in [9.17, 15) is 18.0 Å². The molecule has 4 rings (SSSR count). The second kappa shape index (κ2) is 6.37. The lowest BCUT2D eigenvalue weighted by Gasteiger charge is -2.20. The summed E-state index contributed by atoms with van der Waals surface area (Å²) in [7, 11) is 0. The molecule has 1 N–H and O–H groups in total. The second-order valence-corrected chi connectivity index (χ2v) is 6.71. The van der Waals surface area contributed by atoms with E-state index < -0.39 is 24.0 Å². The zero-order chi connectivity index (χ0) is 20.1. The summed E-state index contributed by atoms with van der Waals surface area (Å²) < 4.78 is 46.5. The van der Waals surface area contributed by atoms with Gasteiger partial charge in [-0.05, 0) is 31.7 Å². The van der Waals surface area contributed by atoms with Crippen LogP contribution in [0.25, 0.3) is 17.1 Å². The van der Waals surface area contributed by atoms with Gasteiger partial charge in [-0.1, -0.05) is 0 Å². The third kappa shape index (κ3) is 3.19. The highest BCUT2D eigenvalue weighted by atomic mass is 19.4. The fourth-order valence-corrected chi connectivity index (χ4v) is 3.04. The van der Waals surface area contributed by atoms with Gasteiger partial charge < -0.3 is 9.73 Å². The van der Waals surface area contributed by atoms with Crippen molar-refractivity contribution in [2.24, 2.45) is 5.92 Å². The molecule has 0 radical (unpaired) electrons. The molecule has 3 heterocycles. The van der Waals surface area contributed by atoms with Crippen LogP contribution in [0.3, 0.4) is 0 Å². The molecule has 1 fully saturated rings. The Morgan fingerprint density at radius 1 is 1.43 bits per heavy atom. The Kier molecular flexibility index (Phi) is 4.10. The lowest BCUT2D eigenvalue weighted by atomic mass is 10.1. The number of rotatable bonds is 4. The first-order valence-electron chi connectivity index (χ1n) is 8.49. The molecule has 3 aromatic rings. The maximum atomic E-state index is 13.2. The topological polar surface area (TPSA) is 96.2 Å². The van der Waals surface area contributed by atoms with Crippen LogP contribution >= 0.6 is 0 Å². The molecule has 3 aromatic heterocycles. The van der Waals surface area contributed by atoms with Crippen molar-refractivity contribution in [3.8, 4) is 17.5 Å². The highest BCUT2D eigenvalue weighted by molar-refractivity contribution is 5.98. The molecule has 7 nitrogen and oxygen atoms in total. The van der Waals surface area contributed by atoms with E-state index in [0.717, 1.165) is 0 Å². The molecule has 0 aromatic carbocycles. The molecule has 1 unspecified atom stereocenters. The molecule has 10 heteroatoms. The van der Waals surface area contributed by atoms with Crippen molar-refractivity contribution in [3.63, 3.8) is 0 Å². The molecule has 1 aliphatic rings. The van der Waals surface area contributed by atoms with Gasteiger partial charge in [0.15, 0.2) is 17.1 Å². The summed E-state index contributed by atoms with van der Waals surface area (Å²) in [6, 6.07) is 3.19. The van der Waals surface area contributed by atoms with Crippen LogP contribution in [0.1, 0.15) is 34.6 Å². The van der Waals surface area contributed by atoms with Gasteiger partial charge in [0.05, 0.1) is 5.56 Å². The number of alkyl halides is 3. The standard InChI is InChI=1S/C18H14F3N5O2/c1-9-4-12(13-5-10(6-22)7-28-13)24-16-14(23-8-26(9)16)17(27)25-15(11-2-3-11)18(19,20)21/h4-5,7-8,11,15H,2-3H2,1H3,(H,25,27). The van der Waals surface area contributed by atoms with E-state index in [1.807, 2.05) is 6.07 Å². The number of nitrogens with zero attached hydrogens (tertiary/aromatic N) is 4. The fourth-order valence-electron chi connectivity index (χ4n) is 3.04. The number of aryl methyl sites for hydroxylation is 1. The minimum absolute atomic E-state index is 0.110. The normalized spacial score (nSPS) is 15.4. The van der Waals surface area contributed by atoms with Crippen LogP contribution in [0.2, 0.25) is 0 Å². The minimum Gasteiger partial charge on any atom is -0.461 e. The number of furan rings is 1. The molecule has 0 spiro atoms. The number of imidazole rings is 1. The maximum Gasteiger partial charge on any atom is 0.408 e. The Hall–Kier alpha value is -3.35.